The summed E-state index contributed by atoms with van der Waals surface area (Å²) >= 11 is 0. The molecule has 0 aliphatic carbocycles. The molecule has 0 radical (unpaired) electrons. The van der Waals surface area contributed by atoms with Crippen LogP contribution in [0.3, 0.4) is 0 Å². The summed E-state index contributed by atoms with van der Waals surface area (Å²) in [5.74, 6) is 2.83. The van der Waals surface area contributed by atoms with Gasteiger partial charge >= 0.3 is 29.6 Å². The maximum absolute atomic E-state index is 10.4. The summed E-state index contributed by atoms with van der Waals surface area (Å²) in [6.45, 7) is 11.4. The summed E-state index contributed by atoms with van der Waals surface area (Å²) in [4.78, 5) is 0. The molecule has 0 aromatic carbocycles. The molecule has 0 aromatic rings. The Morgan fingerprint density at radius 2 is 1.04 bits per heavy atom. The molecule has 0 aliphatic heterocycles. The van der Waals surface area contributed by atoms with Crippen LogP contribution in [0, 0.1) is 23.7 Å². The molecule has 0 amide bonds. The van der Waals surface area contributed by atoms with Crippen LogP contribution in [0.5, 0.6) is 0 Å². The fraction of sp³-hybridized carbons (Fsp3) is 1.00. The third-order valence-corrected chi connectivity index (χ3v) is 5.56. The maximum Gasteiger partial charge on any atom is 1.00 e. The van der Waals surface area contributed by atoms with E-state index in [1.165, 1.54) is 44.9 Å². The minimum Gasteiger partial charge on any atom is -0.726 e. The smallest absolute Gasteiger partial charge is 0.726 e. The van der Waals surface area contributed by atoms with E-state index in [0.717, 1.165) is 30.6 Å². The van der Waals surface area contributed by atoms with Crippen LogP contribution in [0.2, 0.25) is 0 Å². The third kappa shape index (κ3) is 21.2. The summed E-state index contributed by atoms with van der Waals surface area (Å²) < 4.78 is 35.4. The Bertz CT molecular complexity index is 412. The predicted molar refractivity (Wildman–Crippen MR) is 104 cm³/mol. The number of hydrogen-bond acceptors (Lipinski definition) is 4. The molecule has 26 heavy (non-hydrogen) atoms. The summed E-state index contributed by atoms with van der Waals surface area (Å²) in [5.41, 5.74) is 0. The van der Waals surface area contributed by atoms with Crippen molar-refractivity contribution in [3.63, 3.8) is 0 Å². The van der Waals surface area contributed by atoms with Crippen molar-refractivity contribution in [3.05, 3.63) is 0 Å². The van der Waals surface area contributed by atoms with Gasteiger partial charge in [-0.05, 0) is 30.1 Å². The Kier molecular flexibility index (Phi) is 18.8. The Balaban J connectivity index is 0. The summed E-state index contributed by atoms with van der Waals surface area (Å²) in [5, 5.41) is 0. The van der Waals surface area contributed by atoms with Gasteiger partial charge < -0.3 is 4.55 Å². The van der Waals surface area contributed by atoms with Gasteiger partial charge in [0.15, 0.2) is 0 Å². The minimum absolute atomic E-state index is 0. The van der Waals surface area contributed by atoms with E-state index in [9.17, 15) is 13.0 Å². The zero-order valence-electron chi connectivity index (χ0n) is 18.1. The van der Waals surface area contributed by atoms with Gasteiger partial charge in [0.05, 0.1) is 6.61 Å². The van der Waals surface area contributed by atoms with Crippen molar-refractivity contribution in [2.24, 2.45) is 23.7 Å². The first-order valence-corrected chi connectivity index (χ1v) is 11.5. The zero-order valence-corrected chi connectivity index (χ0v) is 20.9. The quantitative estimate of drug-likeness (QED) is 0.227. The molecule has 3 unspecified atom stereocenters. The molecule has 0 spiro atoms. The van der Waals surface area contributed by atoms with Gasteiger partial charge in [0.2, 0.25) is 10.4 Å². The molecular weight excluding hydrogens is 359 g/mol. The van der Waals surface area contributed by atoms with Gasteiger partial charge in [0.25, 0.3) is 0 Å². The van der Waals surface area contributed by atoms with Gasteiger partial charge in [-0.2, -0.15) is 0 Å². The third-order valence-electron chi connectivity index (χ3n) is 5.10. The van der Waals surface area contributed by atoms with E-state index < -0.39 is 10.4 Å². The molecule has 0 saturated heterocycles. The molecule has 0 rings (SSSR count). The van der Waals surface area contributed by atoms with E-state index in [-0.39, 0.29) is 36.2 Å². The van der Waals surface area contributed by atoms with E-state index in [1.54, 1.807) is 0 Å². The van der Waals surface area contributed by atoms with E-state index in [4.69, 9.17) is 0 Å². The molecular formula is C20H41NaO4S. The number of hydrogen-bond donors (Lipinski definition) is 0. The molecule has 0 aromatic heterocycles. The summed E-state index contributed by atoms with van der Waals surface area (Å²) in [7, 11) is -4.53. The Morgan fingerprint density at radius 1 is 0.692 bits per heavy atom. The molecule has 152 valence electrons. The van der Waals surface area contributed by atoms with Crippen LogP contribution in [0.1, 0.15) is 98.8 Å². The number of rotatable bonds is 16. The van der Waals surface area contributed by atoms with E-state index in [0.29, 0.717) is 12.3 Å². The van der Waals surface area contributed by atoms with Crippen LogP contribution in [0.25, 0.3) is 0 Å². The molecule has 0 bridgehead atoms. The van der Waals surface area contributed by atoms with Gasteiger partial charge in [0.1, 0.15) is 0 Å². The molecule has 0 aliphatic rings. The Labute approximate surface area is 185 Å². The fourth-order valence-electron chi connectivity index (χ4n) is 3.29. The first-order valence-electron chi connectivity index (χ1n) is 10.2. The maximum atomic E-state index is 10.4. The largest absolute Gasteiger partial charge is 1.00 e. The van der Waals surface area contributed by atoms with Crippen molar-refractivity contribution in [2.45, 2.75) is 98.8 Å². The van der Waals surface area contributed by atoms with Crippen molar-refractivity contribution in [3.8, 4) is 0 Å². The first kappa shape index (κ1) is 29.1. The molecule has 3 atom stereocenters. The average Bonchev–Trinajstić information content (AvgIpc) is 2.45. The molecule has 4 nitrogen and oxygen atoms in total. The SMILES string of the molecule is CC(C)CCCC(C)CCCC(C)CCCC(C)CCOS(=O)(=O)[O-].[Na+]. The zero-order chi connectivity index (χ0) is 19.3. The van der Waals surface area contributed by atoms with Crippen LogP contribution in [0.4, 0.5) is 0 Å². The topological polar surface area (TPSA) is 66.4 Å². The van der Waals surface area contributed by atoms with Gasteiger partial charge in [0, 0.05) is 0 Å². The van der Waals surface area contributed by atoms with Crippen molar-refractivity contribution in [1.82, 2.24) is 0 Å². The summed E-state index contributed by atoms with van der Waals surface area (Å²) in [6, 6.07) is 0. The fourth-order valence-corrected chi connectivity index (χ4v) is 3.59. The first-order chi connectivity index (χ1) is 11.6. The van der Waals surface area contributed by atoms with E-state index >= 15 is 0 Å². The summed E-state index contributed by atoms with van der Waals surface area (Å²) in [6.07, 6.45) is 12.2. The van der Waals surface area contributed by atoms with Crippen molar-refractivity contribution in [1.29, 1.82) is 0 Å². The molecule has 6 heteroatoms. The molecule has 0 N–H and O–H groups in total. The molecule has 0 fully saturated rings. The van der Waals surface area contributed by atoms with E-state index in [1.807, 2.05) is 0 Å². The van der Waals surface area contributed by atoms with Gasteiger partial charge in [-0.15, -0.1) is 0 Å². The standard InChI is InChI=1S/C20H42O4S.Na/c1-17(2)9-6-10-18(3)11-7-12-19(4)13-8-14-20(5)15-16-24-25(21,22)23;/h17-20H,6-16H2,1-5H3,(H,21,22,23);/q;+1/p-1. The van der Waals surface area contributed by atoms with Crippen molar-refractivity contribution in [2.75, 3.05) is 6.61 Å². The van der Waals surface area contributed by atoms with E-state index in [2.05, 4.69) is 38.8 Å². The van der Waals surface area contributed by atoms with Gasteiger partial charge in [-0.25, -0.2) is 8.42 Å². The molecule has 0 heterocycles. The monoisotopic (exact) mass is 400 g/mol. The Morgan fingerprint density at radius 3 is 1.38 bits per heavy atom. The van der Waals surface area contributed by atoms with Gasteiger partial charge in [-0.1, -0.05) is 92.4 Å². The van der Waals surface area contributed by atoms with Crippen LogP contribution < -0.4 is 29.6 Å². The second kappa shape index (κ2) is 16.8. The van der Waals surface area contributed by atoms with Crippen LogP contribution >= 0.6 is 0 Å². The minimum atomic E-state index is -4.53. The second-order valence-corrected chi connectivity index (χ2v) is 9.57. The normalized spacial score (nSPS) is 15.5. The van der Waals surface area contributed by atoms with Crippen LogP contribution in [-0.4, -0.2) is 19.6 Å². The van der Waals surface area contributed by atoms with Crippen LogP contribution in [-0.2, 0) is 14.6 Å². The van der Waals surface area contributed by atoms with Crippen LogP contribution in [0.15, 0.2) is 0 Å². The van der Waals surface area contributed by atoms with Gasteiger partial charge in [-0.3, -0.25) is 4.18 Å². The van der Waals surface area contributed by atoms with Crippen molar-refractivity contribution < 1.29 is 46.7 Å². The molecule has 0 saturated carbocycles. The van der Waals surface area contributed by atoms with Crippen molar-refractivity contribution >= 4 is 10.4 Å². The average molecular weight is 401 g/mol. The predicted octanol–water partition coefficient (Wildman–Crippen LogP) is 2.93. The second-order valence-electron chi connectivity index (χ2n) is 8.52. The Hall–Kier alpha value is 0.870.